The predicted octanol–water partition coefficient (Wildman–Crippen LogP) is 2.45. The van der Waals surface area contributed by atoms with E-state index in [4.69, 9.17) is 5.73 Å². The minimum Gasteiger partial charge on any atom is -0.354 e. The number of nitrogens with one attached hydrogen (secondary N) is 1. The molecule has 18 heavy (non-hydrogen) atoms. The number of amides is 1. The summed E-state index contributed by atoms with van der Waals surface area (Å²) < 4.78 is 0. The fourth-order valence-electron chi connectivity index (χ4n) is 3.04. The molecule has 3 N–H and O–H groups in total. The van der Waals surface area contributed by atoms with Crippen molar-refractivity contribution in [3.8, 4) is 0 Å². The molecule has 0 aliphatic heterocycles. The summed E-state index contributed by atoms with van der Waals surface area (Å²) in [6.45, 7) is 3.12. The van der Waals surface area contributed by atoms with E-state index < -0.39 is 0 Å². The molecule has 0 radical (unpaired) electrons. The number of hydrogen-bond donors (Lipinski definition) is 2. The van der Waals surface area contributed by atoms with Crippen molar-refractivity contribution in [3.63, 3.8) is 0 Å². The molecule has 1 unspecified atom stereocenters. The Morgan fingerprint density at radius 1 is 1.11 bits per heavy atom. The summed E-state index contributed by atoms with van der Waals surface area (Å²) in [6.07, 6.45) is 9.95. The van der Waals surface area contributed by atoms with Gasteiger partial charge < -0.3 is 11.1 Å². The fraction of sp³-hybridized carbons (Fsp3) is 0.933. The Hall–Kier alpha value is -0.570. The average Bonchev–Trinajstić information content (AvgIpc) is 3.20. The lowest BCUT2D eigenvalue weighted by Crippen LogP contribution is -2.43. The van der Waals surface area contributed by atoms with Crippen LogP contribution >= 0.6 is 0 Å². The highest BCUT2D eigenvalue weighted by Gasteiger charge is 2.27. The van der Waals surface area contributed by atoms with Crippen LogP contribution in [0.5, 0.6) is 0 Å². The molecule has 0 bridgehead atoms. The number of carbonyl (C=O) groups is 1. The summed E-state index contributed by atoms with van der Waals surface area (Å²) in [5.74, 6) is 2.41. The van der Waals surface area contributed by atoms with Gasteiger partial charge in [-0.1, -0.05) is 39.0 Å². The lowest BCUT2D eigenvalue weighted by Gasteiger charge is -2.28. The molecule has 2 fully saturated rings. The van der Waals surface area contributed by atoms with Crippen LogP contribution in [0.15, 0.2) is 0 Å². The van der Waals surface area contributed by atoms with E-state index in [0.29, 0.717) is 5.92 Å². The topological polar surface area (TPSA) is 55.1 Å². The lowest BCUT2D eigenvalue weighted by atomic mass is 9.81. The average molecular weight is 252 g/mol. The Morgan fingerprint density at radius 2 is 1.67 bits per heavy atom. The monoisotopic (exact) mass is 252 g/mol. The third kappa shape index (κ3) is 4.27. The molecule has 0 aromatic heterocycles. The Morgan fingerprint density at radius 3 is 2.22 bits per heavy atom. The van der Waals surface area contributed by atoms with Crippen LogP contribution in [0, 0.1) is 17.8 Å². The smallest absolute Gasteiger partial charge is 0.236 e. The molecule has 0 heterocycles. The largest absolute Gasteiger partial charge is 0.354 e. The van der Waals surface area contributed by atoms with E-state index in [1.54, 1.807) is 0 Å². The minimum atomic E-state index is -0.274. The van der Waals surface area contributed by atoms with Gasteiger partial charge in [-0.05, 0) is 37.0 Å². The second-order valence-corrected chi connectivity index (χ2v) is 6.33. The molecule has 1 amide bonds. The first-order valence-corrected chi connectivity index (χ1v) is 7.72. The van der Waals surface area contributed by atoms with Crippen LogP contribution in [-0.4, -0.2) is 18.5 Å². The zero-order valence-corrected chi connectivity index (χ0v) is 11.7. The van der Waals surface area contributed by atoms with Gasteiger partial charge in [0.1, 0.15) is 0 Å². The van der Waals surface area contributed by atoms with Crippen LogP contribution in [-0.2, 0) is 4.79 Å². The Labute approximate surface area is 111 Å². The van der Waals surface area contributed by atoms with Gasteiger partial charge in [0, 0.05) is 6.54 Å². The van der Waals surface area contributed by atoms with Crippen molar-refractivity contribution in [2.24, 2.45) is 23.5 Å². The lowest BCUT2D eigenvalue weighted by molar-refractivity contribution is -0.122. The highest BCUT2D eigenvalue weighted by Crippen LogP contribution is 2.33. The van der Waals surface area contributed by atoms with Gasteiger partial charge in [-0.15, -0.1) is 0 Å². The summed E-state index contributed by atoms with van der Waals surface area (Å²) >= 11 is 0. The van der Waals surface area contributed by atoms with Gasteiger partial charge in [0.25, 0.3) is 0 Å². The van der Waals surface area contributed by atoms with Crippen LogP contribution in [0.25, 0.3) is 0 Å². The third-order valence-electron chi connectivity index (χ3n) is 4.73. The SMILES string of the molecule is CCC1CCC(CNC(=O)C(N)CC2CC2)CC1. The van der Waals surface area contributed by atoms with Crippen molar-refractivity contribution in [2.75, 3.05) is 6.54 Å². The molecule has 3 heteroatoms. The molecule has 0 saturated heterocycles. The van der Waals surface area contributed by atoms with Gasteiger partial charge in [-0.25, -0.2) is 0 Å². The molecule has 2 saturated carbocycles. The second-order valence-electron chi connectivity index (χ2n) is 6.33. The van der Waals surface area contributed by atoms with E-state index >= 15 is 0 Å². The van der Waals surface area contributed by atoms with Crippen LogP contribution in [0.4, 0.5) is 0 Å². The maximum Gasteiger partial charge on any atom is 0.236 e. The van der Waals surface area contributed by atoms with E-state index in [1.807, 2.05) is 0 Å². The number of nitrogens with two attached hydrogens (primary N) is 1. The van der Waals surface area contributed by atoms with E-state index in [-0.39, 0.29) is 11.9 Å². The van der Waals surface area contributed by atoms with E-state index in [0.717, 1.165) is 24.8 Å². The summed E-state index contributed by atoms with van der Waals surface area (Å²) in [5.41, 5.74) is 5.91. The first-order chi connectivity index (χ1) is 8.69. The van der Waals surface area contributed by atoms with Crippen molar-refractivity contribution in [1.29, 1.82) is 0 Å². The minimum absolute atomic E-state index is 0.0690. The van der Waals surface area contributed by atoms with Crippen molar-refractivity contribution >= 4 is 5.91 Å². The zero-order chi connectivity index (χ0) is 13.0. The Kier molecular flexibility index (Phi) is 5.04. The Bertz CT molecular complexity index is 268. The fourth-order valence-corrected chi connectivity index (χ4v) is 3.04. The summed E-state index contributed by atoms with van der Waals surface area (Å²) in [5, 5.41) is 3.05. The third-order valence-corrected chi connectivity index (χ3v) is 4.73. The van der Waals surface area contributed by atoms with Crippen molar-refractivity contribution in [2.45, 2.75) is 64.3 Å². The molecule has 104 valence electrons. The molecule has 2 rings (SSSR count). The van der Waals surface area contributed by atoms with E-state index in [2.05, 4.69) is 12.2 Å². The van der Waals surface area contributed by atoms with Crippen LogP contribution < -0.4 is 11.1 Å². The van der Waals surface area contributed by atoms with Gasteiger partial charge in [0.2, 0.25) is 5.91 Å². The molecule has 3 nitrogen and oxygen atoms in total. The van der Waals surface area contributed by atoms with Gasteiger partial charge in [0.15, 0.2) is 0 Å². The maximum atomic E-state index is 11.8. The van der Waals surface area contributed by atoms with Gasteiger partial charge in [0.05, 0.1) is 6.04 Å². The molecular weight excluding hydrogens is 224 g/mol. The highest BCUT2D eigenvalue weighted by atomic mass is 16.2. The quantitative estimate of drug-likeness (QED) is 0.763. The van der Waals surface area contributed by atoms with Crippen molar-refractivity contribution < 1.29 is 4.79 Å². The summed E-state index contributed by atoms with van der Waals surface area (Å²) in [7, 11) is 0. The summed E-state index contributed by atoms with van der Waals surface area (Å²) in [6, 6.07) is -0.274. The zero-order valence-electron chi connectivity index (χ0n) is 11.7. The number of hydrogen-bond acceptors (Lipinski definition) is 2. The van der Waals surface area contributed by atoms with Crippen LogP contribution in [0.2, 0.25) is 0 Å². The Balaban J connectivity index is 1.60. The maximum absolute atomic E-state index is 11.8. The molecule has 1 atom stereocenters. The molecule has 2 aliphatic carbocycles. The number of carbonyl (C=O) groups excluding carboxylic acids is 1. The molecule has 0 aromatic rings. The molecule has 0 spiro atoms. The number of rotatable bonds is 6. The highest BCUT2D eigenvalue weighted by molar-refractivity contribution is 5.81. The first-order valence-electron chi connectivity index (χ1n) is 7.72. The van der Waals surface area contributed by atoms with E-state index in [9.17, 15) is 4.79 Å². The standard InChI is InChI=1S/C15H28N2O/c1-2-11-3-7-13(8-4-11)10-17-15(18)14(16)9-12-5-6-12/h11-14H,2-10,16H2,1H3,(H,17,18). The predicted molar refractivity (Wildman–Crippen MR) is 74.1 cm³/mol. The van der Waals surface area contributed by atoms with Gasteiger partial charge in [-0.3, -0.25) is 4.79 Å². The van der Waals surface area contributed by atoms with Crippen molar-refractivity contribution in [3.05, 3.63) is 0 Å². The van der Waals surface area contributed by atoms with Crippen LogP contribution in [0.3, 0.4) is 0 Å². The first kappa shape index (κ1) is 13.9. The summed E-state index contributed by atoms with van der Waals surface area (Å²) in [4.78, 5) is 11.8. The molecular formula is C15H28N2O. The van der Waals surface area contributed by atoms with Gasteiger partial charge >= 0.3 is 0 Å². The second kappa shape index (κ2) is 6.55. The van der Waals surface area contributed by atoms with E-state index in [1.165, 1.54) is 44.9 Å². The molecule has 2 aliphatic rings. The normalized spacial score (nSPS) is 29.9. The van der Waals surface area contributed by atoms with Crippen LogP contribution in [0.1, 0.15) is 58.3 Å². The van der Waals surface area contributed by atoms with Gasteiger partial charge in [-0.2, -0.15) is 0 Å². The van der Waals surface area contributed by atoms with Crippen molar-refractivity contribution in [1.82, 2.24) is 5.32 Å². The molecule has 0 aromatic carbocycles.